The largest absolute Gasteiger partial charge is 0.438 e. The molecule has 0 rings (SSSR count). The molecule has 0 N–H and O–H groups in total. The van der Waals surface area contributed by atoms with Gasteiger partial charge in [0.15, 0.2) is 0 Å². The van der Waals surface area contributed by atoms with E-state index < -0.39 is 11.2 Å². The van der Waals surface area contributed by atoms with Crippen LogP contribution in [0.25, 0.3) is 0 Å². The molecule has 0 aromatic rings. The minimum absolute atomic E-state index is 0.107. The Morgan fingerprint density at radius 3 is 2.25 bits per heavy atom. The van der Waals surface area contributed by atoms with Crippen LogP contribution < -0.4 is 0 Å². The van der Waals surface area contributed by atoms with Crippen molar-refractivity contribution in [2.24, 2.45) is 0 Å². The van der Waals surface area contributed by atoms with E-state index >= 15 is 0 Å². The highest BCUT2D eigenvalue weighted by molar-refractivity contribution is 8.00. The summed E-state index contributed by atoms with van der Waals surface area (Å²) in [5.41, 5.74) is 0. The highest BCUT2D eigenvalue weighted by Gasteiger charge is 2.09. The molecule has 0 aliphatic carbocycles. The van der Waals surface area contributed by atoms with E-state index in [2.05, 4.69) is 25.1 Å². The summed E-state index contributed by atoms with van der Waals surface area (Å²) >= 11 is 4.69. The smallest absolute Gasteiger partial charge is 0.394 e. The Morgan fingerprint density at radius 2 is 2.12 bits per heavy atom. The van der Waals surface area contributed by atoms with Gasteiger partial charge in [0.25, 0.3) is 0 Å². The van der Waals surface area contributed by atoms with Crippen LogP contribution in [0.2, 0.25) is 0 Å². The van der Waals surface area contributed by atoms with Crippen LogP contribution in [0.5, 0.6) is 0 Å². The Hall–Kier alpha value is 0.290. The first kappa shape index (κ1) is 8.29. The predicted octanol–water partition coefficient (Wildman–Crippen LogP) is 0.679. The van der Waals surface area contributed by atoms with Gasteiger partial charge in [0.05, 0.1) is 8.50 Å². The van der Waals surface area contributed by atoms with Gasteiger partial charge in [0.1, 0.15) is 0 Å². The highest BCUT2D eigenvalue weighted by atomic mass is 35.5. The minimum atomic E-state index is -1.08. The van der Waals surface area contributed by atoms with Crippen LogP contribution in [-0.2, 0) is 14.1 Å². The molecule has 0 amide bonds. The molecular weight excluding hydrogens is 169 g/mol. The molecule has 8 heavy (non-hydrogen) atoms. The summed E-state index contributed by atoms with van der Waals surface area (Å²) in [6, 6.07) is 0. The molecule has 0 heterocycles. The molecule has 6 heteroatoms. The first-order valence-electron chi connectivity index (χ1n) is 1.54. The lowest BCUT2D eigenvalue weighted by Gasteiger charge is -1.90. The first-order valence-corrected chi connectivity index (χ1v) is 4.64. The maximum atomic E-state index is 10.0. The topological polar surface area (TPSA) is 43.4 Å². The van der Waals surface area contributed by atoms with Gasteiger partial charge >= 0.3 is 11.2 Å². The molecule has 0 aliphatic rings. The molecule has 0 radical (unpaired) electrons. The number of halogens is 1. The quantitative estimate of drug-likeness (QED) is 0.349. The van der Waals surface area contributed by atoms with Crippen molar-refractivity contribution in [2.75, 3.05) is 0 Å². The zero-order valence-electron chi connectivity index (χ0n) is 3.68. The Bertz CT molecular complexity index is 114. The van der Waals surface area contributed by atoms with Gasteiger partial charge in [-0.25, -0.2) is 4.79 Å². The molecule has 0 saturated carbocycles. The third-order valence-corrected chi connectivity index (χ3v) is 1.12. The van der Waals surface area contributed by atoms with E-state index in [4.69, 9.17) is 0 Å². The lowest BCUT2D eigenvalue weighted by molar-refractivity contribution is -0.142. The average Bonchev–Trinajstić information content (AvgIpc) is 1.67. The van der Waals surface area contributed by atoms with Gasteiger partial charge in [-0.15, -0.1) is 0 Å². The average molecular weight is 172 g/mol. The summed E-state index contributed by atoms with van der Waals surface area (Å²) < 4.78 is 4.17. The van der Waals surface area contributed by atoms with Gasteiger partial charge < -0.3 is 4.52 Å². The Morgan fingerprint density at radius 1 is 1.62 bits per heavy atom. The van der Waals surface area contributed by atoms with Crippen molar-refractivity contribution in [1.29, 1.82) is 0 Å². The Kier molecular flexibility index (Phi) is 4.35. The van der Waals surface area contributed by atoms with E-state index in [1.807, 2.05) is 0 Å². The molecule has 0 aromatic heterocycles. The van der Waals surface area contributed by atoms with Crippen molar-refractivity contribution in [2.45, 2.75) is 0 Å². The van der Waals surface area contributed by atoms with Gasteiger partial charge in [-0.05, 0) is 11.6 Å². The number of carbonyl (C=O) groups is 2. The van der Waals surface area contributed by atoms with E-state index in [1.165, 1.54) is 0 Å². The number of hydrogen-bond acceptors (Lipinski definition) is 3. The molecule has 2 atom stereocenters. The van der Waals surface area contributed by atoms with E-state index in [1.54, 1.807) is 0 Å². The van der Waals surface area contributed by atoms with Gasteiger partial charge in [-0.2, -0.15) is 0 Å². The van der Waals surface area contributed by atoms with Crippen molar-refractivity contribution < 1.29 is 14.1 Å². The van der Waals surface area contributed by atoms with Gasteiger partial charge in [-0.1, -0.05) is 8.93 Å². The van der Waals surface area contributed by atoms with Crippen molar-refractivity contribution >= 4 is 40.2 Å². The maximum Gasteiger partial charge on any atom is 0.394 e. The number of carbonyl (C=O) groups excluding carboxylic acids is 2. The first-order chi connectivity index (χ1) is 3.68. The van der Waals surface area contributed by atoms with Crippen LogP contribution in [0.4, 0.5) is 0 Å². The minimum Gasteiger partial charge on any atom is -0.438 e. The van der Waals surface area contributed by atoms with Crippen molar-refractivity contribution in [3.05, 3.63) is 0 Å². The van der Waals surface area contributed by atoms with E-state index in [0.29, 0.717) is 0 Å². The molecule has 3 nitrogen and oxygen atoms in total. The van der Waals surface area contributed by atoms with E-state index in [0.717, 1.165) is 0 Å². The van der Waals surface area contributed by atoms with Crippen LogP contribution >= 0.6 is 29.0 Å². The summed E-state index contributed by atoms with van der Waals surface area (Å²) in [5.74, 6) is -1.000. The molecule has 0 aromatic carbocycles. The lowest BCUT2D eigenvalue weighted by atomic mass is 10.8. The Balaban J connectivity index is 3.49. The highest BCUT2D eigenvalue weighted by Crippen LogP contribution is 2.21. The molecular formula is C2H3ClO3P2. The van der Waals surface area contributed by atoms with E-state index in [9.17, 15) is 9.59 Å². The summed E-state index contributed by atoms with van der Waals surface area (Å²) in [7, 11) is 2.04. The molecule has 46 valence electrons. The molecule has 2 unspecified atom stereocenters. The van der Waals surface area contributed by atoms with Crippen LogP contribution in [0, 0.1) is 0 Å². The normalized spacial score (nSPS) is 9.75. The van der Waals surface area contributed by atoms with E-state index in [-0.39, 0.29) is 8.50 Å². The zero-order chi connectivity index (χ0) is 6.57. The maximum absolute atomic E-state index is 10.0. The fourth-order valence-electron chi connectivity index (χ4n) is 0.0936. The number of rotatable bonds is 2. The summed E-state index contributed by atoms with van der Waals surface area (Å²) in [4.78, 5) is 19.9. The second kappa shape index (κ2) is 4.20. The molecule has 0 aliphatic heterocycles. The molecule has 0 bridgehead atoms. The molecule has 0 saturated heterocycles. The third kappa shape index (κ3) is 3.31. The van der Waals surface area contributed by atoms with Crippen molar-refractivity contribution in [3.63, 3.8) is 0 Å². The summed E-state index contributed by atoms with van der Waals surface area (Å²) in [6.45, 7) is 0. The standard InChI is InChI=1S/C2H3ClO3P2/c3-1(4)2(5)6-8-7/h8H,7H2. The molecule has 0 fully saturated rings. The van der Waals surface area contributed by atoms with Crippen molar-refractivity contribution in [1.82, 2.24) is 0 Å². The summed E-state index contributed by atoms with van der Waals surface area (Å²) in [5, 5.41) is -1.08. The second-order valence-electron chi connectivity index (χ2n) is 0.781. The van der Waals surface area contributed by atoms with Gasteiger partial charge in [-0.3, -0.25) is 4.79 Å². The SMILES string of the molecule is O=C(Cl)C(=O)OPP. The predicted molar refractivity (Wildman–Crippen MR) is 35.0 cm³/mol. The fraction of sp³-hybridized carbons (Fsp3) is 0. The van der Waals surface area contributed by atoms with Gasteiger partial charge in [0.2, 0.25) is 0 Å². The summed E-state index contributed by atoms with van der Waals surface area (Å²) in [6.07, 6.45) is 0. The third-order valence-electron chi connectivity index (χ3n) is 0.312. The second-order valence-corrected chi connectivity index (χ2v) is 2.27. The zero-order valence-corrected chi connectivity index (χ0v) is 6.59. The van der Waals surface area contributed by atoms with Crippen LogP contribution in [0.1, 0.15) is 0 Å². The van der Waals surface area contributed by atoms with Crippen LogP contribution in [-0.4, -0.2) is 11.2 Å². The monoisotopic (exact) mass is 172 g/mol. The number of hydrogen-bond donors (Lipinski definition) is 0. The lowest BCUT2D eigenvalue weighted by Crippen LogP contribution is -2.05. The Labute approximate surface area is 55.1 Å². The van der Waals surface area contributed by atoms with Crippen molar-refractivity contribution in [3.8, 4) is 0 Å². The molecule has 0 spiro atoms. The van der Waals surface area contributed by atoms with Gasteiger partial charge in [0, 0.05) is 0 Å². The van der Waals surface area contributed by atoms with Crippen LogP contribution in [0.3, 0.4) is 0 Å². The fourth-order valence-corrected chi connectivity index (χ4v) is 0.718. The van der Waals surface area contributed by atoms with Crippen LogP contribution in [0.15, 0.2) is 0 Å².